The highest BCUT2D eigenvalue weighted by Crippen LogP contribution is 2.34. The smallest absolute Gasteiger partial charge is 0.435 e. The fraction of sp³-hybridized carbons (Fsp3) is 0.238. The first-order chi connectivity index (χ1) is 14.7. The summed E-state index contributed by atoms with van der Waals surface area (Å²) in [5.74, 6) is 0.356. The number of nitrogens with zero attached hydrogens (tertiary/aromatic N) is 2. The van der Waals surface area contributed by atoms with Gasteiger partial charge in [-0.3, -0.25) is 4.79 Å². The van der Waals surface area contributed by atoms with Crippen LogP contribution in [0.2, 0.25) is 0 Å². The van der Waals surface area contributed by atoms with Crippen LogP contribution in [0.4, 0.5) is 13.2 Å². The van der Waals surface area contributed by atoms with Crippen molar-refractivity contribution in [1.29, 1.82) is 0 Å². The number of ether oxygens (including phenoxy) is 3. The van der Waals surface area contributed by atoms with Crippen molar-refractivity contribution in [3.8, 4) is 28.4 Å². The van der Waals surface area contributed by atoms with Gasteiger partial charge >= 0.3 is 12.1 Å². The van der Waals surface area contributed by atoms with Gasteiger partial charge in [0.2, 0.25) is 0 Å². The van der Waals surface area contributed by atoms with E-state index in [0.29, 0.717) is 22.7 Å². The molecule has 7 nitrogen and oxygen atoms in total. The van der Waals surface area contributed by atoms with Crippen LogP contribution >= 0.6 is 0 Å². The van der Waals surface area contributed by atoms with E-state index in [1.165, 1.54) is 18.9 Å². The lowest BCUT2D eigenvalue weighted by atomic mass is 10.1. The lowest BCUT2D eigenvalue weighted by molar-refractivity contribution is -0.143. The second-order valence-corrected chi connectivity index (χ2v) is 6.49. The Kier molecular flexibility index (Phi) is 6.50. The Morgan fingerprint density at radius 2 is 1.68 bits per heavy atom. The molecule has 2 N–H and O–H groups in total. The van der Waals surface area contributed by atoms with E-state index in [4.69, 9.17) is 15.2 Å². The van der Waals surface area contributed by atoms with Crippen LogP contribution in [0.25, 0.3) is 16.9 Å². The number of alkyl halides is 3. The molecular weight excluding hydrogens is 415 g/mol. The molecule has 0 saturated heterocycles. The van der Waals surface area contributed by atoms with Crippen molar-refractivity contribution in [2.24, 2.45) is 5.73 Å². The zero-order valence-electron chi connectivity index (χ0n) is 16.7. The van der Waals surface area contributed by atoms with Crippen LogP contribution < -0.4 is 15.2 Å². The van der Waals surface area contributed by atoms with Crippen LogP contribution in [0, 0.1) is 0 Å². The summed E-state index contributed by atoms with van der Waals surface area (Å²) in [7, 11) is 2.72. The molecule has 31 heavy (non-hydrogen) atoms. The fourth-order valence-corrected chi connectivity index (χ4v) is 2.77. The minimum Gasteiger partial charge on any atom is -0.497 e. The summed E-state index contributed by atoms with van der Waals surface area (Å²) >= 11 is 0. The van der Waals surface area contributed by atoms with Gasteiger partial charge < -0.3 is 19.9 Å². The number of nitrogens with two attached hydrogens (primary N) is 1. The summed E-state index contributed by atoms with van der Waals surface area (Å²) in [4.78, 5) is 11.3. The van der Waals surface area contributed by atoms with Gasteiger partial charge in [0.25, 0.3) is 0 Å². The van der Waals surface area contributed by atoms with Gasteiger partial charge in [0.05, 0.1) is 25.6 Å². The molecule has 1 atom stereocenters. The van der Waals surface area contributed by atoms with E-state index in [2.05, 4.69) is 9.84 Å². The first kappa shape index (κ1) is 22.2. The molecule has 1 aromatic heterocycles. The number of carbonyl (C=O) groups excluding carboxylic acids is 1. The molecule has 0 saturated carbocycles. The topological polar surface area (TPSA) is 88.6 Å². The predicted octanol–water partition coefficient (Wildman–Crippen LogP) is 3.45. The van der Waals surface area contributed by atoms with E-state index in [-0.39, 0.29) is 12.3 Å². The lowest BCUT2D eigenvalue weighted by Crippen LogP contribution is -2.37. The van der Waals surface area contributed by atoms with Crippen LogP contribution in [-0.4, -0.2) is 42.6 Å². The molecule has 0 spiro atoms. The molecule has 0 bridgehead atoms. The first-order valence-electron chi connectivity index (χ1n) is 9.11. The maximum atomic E-state index is 13.3. The molecule has 0 amide bonds. The Balaban J connectivity index is 1.90. The summed E-state index contributed by atoms with van der Waals surface area (Å²) < 4.78 is 56.2. The van der Waals surface area contributed by atoms with Gasteiger partial charge in [0, 0.05) is 5.56 Å². The third kappa shape index (κ3) is 5.15. The number of benzene rings is 2. The van der Waals surface area contributed by atoms with Gasteiger partial charge in [-0.15, -0.1) is 0 Å². The number of rotatable bonds is 7. The van der Waals surface area contributed by atoms with Crippen molar-refractivity contribution in [3.05, 3.63) is 60.3 Å². The summed E-state index contributed by atoms with van der Waals surface area (Å²) in [6.07, 6.45) is -4.60. The molecule has 1 unspecified atom stereocenters. The van der Waals surface area contributed by atoms with E-state index in [1.807, 2.05) is 0 Å². The summed E-state index contributed by atoms with van der Waals surface area (Å²) in [6, 6.07) is 12.8. The van der Waals surface area contributed by atoms with E-state index in [1.54, 1.807) is 48.5 Å². The van der Waals surface area contributed by atoms with E-state index < -0.39 is 23.9 Å². The monoisotopic (exact) mass is 435 g/mol. The molecular formula is C21H20F3N3O4. The number of esters is 1. The average molecular weight is 435 g/mol. The van der Waals surface area contributed by atoms with Crippen molar-refractivity contribution in [1.82, 2.24) is 9.78 Å². The highest BCUT2D eigenvalue weighted by Gasteiger charge is 2.35. The molecule has 0 aliphatic carbocycles. The number of halogens is 3. The molecule has 0 aliphatic heterocycles. The maximum absolute atomic E-state index is 13.3. The fourth-order valence-electron chi connectivity index (χ4n) is 2.77. The largest absolute Gasteiger partial charge is 0.497 e. The summed E-state index contributed by atoms with van der Waals surface area (Å²) in [5, 5.41) is 3.75. The van der Waals surface area contributed by atoms with Gasteiger partial charge in [-0.25, -0.2) is 4.68 Å². The van der Waals surface area contributed by atoms with Gasteiger partial charge in [-0.05, 0) is 54.6 Å². The third-order valence-corrected chi connectivity index (χ3v) is 4.40. The molecule has 0 fully saturated rings. The van der Waals surface area contributed by atoms with Crippen LogP contribution in [0.5, 0.6) is 11.5 Å². The van der Waals surface area contributed by atoms with Crippen molar-refractivity contribution in [3.63, 3.8) is 0 Å². The maximum Gasteiger partial charge on any atom is 0.435 e. The second-order valence-electron chi connectivity index (χ2n) is 6.49. The molecule has 1 heterocycles. The van der Waals surface area contributed by atoms with Crippen molar-refractivity contribution >= 4 is 5.97 Å². The Morgan fingerprint density at radius 1 is 1.06 bits per heavy atom. The van der Waals surface area contributed by atoms with Gasteiger partial charge in [-0.2, -0.15) is 18.3 Å². The molecule has 3 aromatic rings. The van der Waals surface area contributed by atoms with Crippen LogP contribution in [0.3, 0.4) is 0 Å². The highest BCUT2D eigenvalue weighted by molar-refractivity contribution is 5.75. The number of methoxy groups -OCH3 is 2. The van der Waals surface area contributed by atoms with Gasteiger partial charge in [-0.1, -0.05) is 0 Å². The Labute approximate surface area is 176 Å². The normalized spacial score (nSPS) is 12.3. The summed E-state index contributed by atoms with van der Waals surface area (Å²) in [5.41, 5.74) is 5.78. The first-order valence-corrected chi connectivity index (χ1v) is 9.11. The van der Waals surface area contributed by atoms with Gasteiger partial charge in [0.1, 0.15) is 24.1 Å². The molecule has 0 radical (unpaired) electrons. The highest BCUT2D eigenvalue weighted by atomic mass is 19.4. The lowest BCUT2D eigenvalue weighted by Gasteiger charge is -2.12. The van der Waals surface area contributed by atoms with Crippen molar-refractivity contribution < 1.29 is 32.2 Å². The zero-order valence-corrected chi connectivity index (χ0v) is 16.7. The Morgan fingerprint density at radius 3 is 2.23 bits per heavy atom. The van der Waals surface area contributed by atoms with E-state index in [9.17, 15) is 18.0 Å². The zero-order chi connectivity index (χ0) is 22.6. The van der Waals surface area contributed by atoms with Gasteiger partial charge in [0.15, 0.2) is 5.69 Å². The molecule has 10 heteroatoms. The third-order valence-electron chi connectivity index (χ3n) is 4.40. The molecule has 3 rings (SSSR count). The minimum atomic E-state index is -4.60. The van der Waals surface area contributed by atoms with Crippen LogP contribution in [0.1, 0.15) is 5.69 Å². The standard InChI is InChI=1S/C21H20F3N3O4/c1-29-15-9-5-14(6-10-15)27-18(11-19(26-27)21(22,23)24)13-3-7-16(8-4-13)31-12-17(25)20(28)30-2/h3-11,17H,12,25H2,1-2H3. The van der Waals surface area contributed by atoms with Crippen LogP contribution in [-0.2, 0) is 15.7 Å². The molecule has 2 aromatic carbocycles. The second kappa shape index (κ2) is 9.09. The SMILES string of the molecule is COC(=O)C(N)COc1ccc(-c2cc(C(F)(F)F)nn2-c2ccc(OC)cc2)cc1. The predicted molar refractivity (Wildman–Crippen MR) is 106 cm³/mol. The average Bonchev–Trinajstić information content (AvgIpc) is 3.23. The number of hydrogen-bond donors (Lipinski definition) is 1. The Hall–Kier alpha value is -3.53. The van der Waals surface area contributed by atoms with E-state index in [0.717, 1.165) is 6.07 Å². The number of hydrogen-bond acceptors (Lipinski definition) is 6. The summed E-state index contributed by atoms with van der Waals surface area (Å²) in [6.45, 7) is -0.103. The van der Waals surface area contributed by atoms with Crippen molar-refractivity contribution in [2.45, 2.75) is 12.2 Å². The number of carbonyl (C=O) groups is 1. The number of aromatic nitrogens is 2. The Bertz CT molecular complexity index is 1030. The minimum absolute atomic E-state index is 0.103. The van der Waals surface area contributed by atoms with Crippen molar-refractivity contribution in [2.75, 3.05) is 20.8 Å². The quantitative estimate of drug-likeness (QED) is 0.572. The van der Waals surface area contributed by atoms with E-state index >= 15 is 0 Å². The molecule has 164 valence electrons. The van der Waals surface area contributed by atoms with Crippen LogP contribution in [0.15, 0.2) is 54.6 Å². The molecule has 0 aliphatic rings.